The maximum Gasteiger partial charge on any atom is 0.265 e. The van der Waals surface area contributed by atoms with Crippen molar-refractivity contribution in [2.75, 3.05) is 13.1 Å². The van der Waals surface area contributed by atoms with E-state index in [0.717, 1.165) is 0 Å². The van der Waals surface area contributed by atoms with Gasteiger partial charge in [0, 0.05) is 13.1 Å². The van der Waals surface area contributed by atoms with E-state index in [2.05, 4.69) is 10.3 Å². The highest BCUT2D eigenvalue weighted by molar-refractivity contribution is 5.86. The van der Waals surface area contributed by atoms with Crippen molar-refractivity contribution in [2.45, 2.75) is 31.7 Å². The van der Waals surface area contributed by atoms with Crippen molar-refractivity contribution in [3.05, 3.63) is 0 Å². The Morgan fingerprint density at radius 2 is 2.06 bits per heavy atom. The first-order valence-electron chi connectivity index (χ1n) is 5.25. The van der Waals surface area contributed by atoms with Gasteiger partial charge in [0.25, 0.3) is 6.43 Å². The third-order valence-corrected chi connectivity index (χ3v) is 2.19. The molecule has 0 spiro atoms. The van der Waals surface area contributed by atoms with Gasteiger partial charge in [0.05, 0.1) is 0 Å². The third-order valence-electron chi connectivity index (χ3n) is 2.19. The summed E-state index contributed by atoms with van der Waals surface area (Å²) in [5, 5.41) is 2.29. The average Bonchev–Trinajstić information content (AvgIpc) is 2.23. The summed E-state index contributed by atoms with van der Waals surface area (Å²) in [4.78, 5) is 15.1. The fraction of sp³-hybridized carbons (Fsp3) is 0.778. The fourth-order valence-corrected chi connectivity index (χ4v) is 1.23. The minimum absolute atomic E-state index is 0.123. The molecule has 1 amide bonds. The number of nitrogens with one attached hydrogen (secondary N) is 1. The molecule has 0 aliphatic rings. The van der Waals surface area contributed by atoms with Crippen molar-refractivity contribution >= 4 is 11.9 Å². The summed E-state index contributed by atoms with van der Waals surface area (Å²) in [7, 11) is 0. The number of aliphatic imine (C=N–C) groups is 1. The van der Waals surface area contributed by atoms with Gasteiger partial charge in [-0.1, -0.05) is 0 Å². The van der Waals surface area contributed by atoms with E-state index in [0.29, 0.717) is 0 Å². The summed E-state index contributed by atoms with van der Waals surface area (Å²) in [6.07, 6.45) is -2.92. The molecule has 0 aromatic carbocycles. The molecule has 0 heterocycles. The molecule has 1 atom stereocenters. The van der Waals surface area contributed by atoms with Gasteiger partial charge in [0.15, 0.2) is 11.5 Å². The normalized spacial score (nSPS) is 14.2. The number of nitrogens with zero attached hydrogens (tertiary/aromatic N) is 1. The van der Waals surface area contributed by atoms with Crippen LogP contribution in [0.25, 0.3) is 0 Å². The average molecular weight is 251 g/mol. The van der Waals surface area contributed by atoms with Gasteiger partial charge in [0.1, 0.15) is 0 Å². The molecule has 0 aliphatic heterocycles. The number of carbonyl (C=O) groups is 1. The van der Waals surface area contributed by atoms with Crippen LogP contribution in [0.1, 0.15) is 19.8 Å². The van der Waals surface area contributed by atoms with Crippen LogP contribution < -0.4 is 22.5 Å². The van der Waals surface area contributed by atoms with E-state index < -0.39 is 17.9 Å². The van der Waals surface area contributed by atoms with Crippen LogP contribution in [0.15, 0.2) is 4.99 Å². The Balaban J connectivity index is 4.42. The van der Waals surface area contributed by atoms with E-state index in [-0.39, 0.29) is 31.9 Å². The maximum atomic E-state index is 12.8. The molecule has 6 nitrogen and oxygen atoms in total. The van der Waals surface area contributed by atoms with Gasteiger partial charge in [-0.25, -0.2) is 8.78 Å². The number of nitrogens with two attached hydrogens (primary N) is 3. The first-order chi connectivity index (χ1) is 7.84. The highest BCUT2D eigenvalue weighted by atomic mass is 19.3. The van der Waals surface area contributed by atoms with Gasteiger partial charge in [-0.2, -0.15) is 0 Å². The molecule has 0 aromatic heterocycles. The van der Waals surface area contributed by atoms with Crippen molar-refractivity contribution in [3.63, 3.8) is 0 Å². The molecule has 0 aliphatic carbocycles. The smallest absolute Gasteiger partial charge is 0.265 e. The summed E-state index contributed by atoms with van der Waals surface area (Å²) in [5.74, 6) is -0.984. The summed E-state index contributed by atoms with van der Waals surface area (Å²) in [5.41, 5.74) is 13.4. The highest BCUT2D eigenvalue weighted by Gasteiger charge is 2.42. The second-order valence-electron chi connectivity index (χ2n) is 3.61. The second kappa shape index (κ2) is 7.00. The monoisotopic (exact) mass is 251 g/mol. The minimum Gasteiger partial charge on any atom is -0.370 e. The Kier molecular flexibility index (Phi) is 6.40. The zero-order chi connectivity index (χ0) is 13.5. The molecule has 0 aromatic rings. The van der Waals surface area contributed by atoms with Gasteiger partial charge in [-0.15, -0.1) is 0 Å². The number of halogens is 2. The molecule has 0 saturated carbocycles. The van der Waals surface area contributed by atoms with Crippen molar-refractivity contribution in [3.8, 4) is 0 Å². The summed E-state index contributed by atoms with van der Waals surface area (Å²) in [6, 6.07) is 0. The molecule has 0 rings (SSSR count). The molecule has 17 heavy (non-hydrogen) atoms. The van der Waals surface area contributed by atoms with E-state index in [1.807, 2.05) is 0 Å². The summed E-state index contributed by atoms with van der Waals surface area (Å²) < 4.78 is 25.5. The van der Waals surface area contributed by atoms with Gasteiger partial charge in [-0.3, -0.25) is 9.79 Å². The molecule has 0 fully saturated rings. The summed E-state index contributed by atoms with van der Waals surface area (Å²) in [6.45, 7) is 2.04. The van der Waals surface area contributed by atoms with E-state index in [4.69, 9.17) is 17.2 Å². The number of guanidine groups is 1. The predicted molar refractivity (Wildman–Crippen MR) is 61.5 cm³/mol. The van der Waals surface area contributed by atoms with E-state index in [9.17, 15) is 13.6 Å². The molecule has 7 N–H and O–H groups in total. The quantitative estimate of drug-likeness (QED) is 0.267. The Bertz CT molecular complexity index is 281. The number of carbonyl (C=O) groups excluding carboxylic acids is 1. The molecule has 0 saturated heterocycles. The highest BCUT2D eigenvalue weighted by Crippen LogP contribution is 2.19. The first kappa shape index (κ1) is 15.6. The first-order valence-corrected chi connectivity index (χ1v) is 5.25. The zero-order valence-corrected chi connectivity index (χ0v) is 9.75. The Morgan fingerprint density at radius 3 is 2.47 bits per heavy atom. The Labute approximate surface area is 98.6 Å². The largest absolute Gasteiger partial charge is 0.370 e. The number of alkyl halides is 2. The Hall–Kier alpha value is -1.44. The lowest BCUT2D eigenvalue weighted by Gasteiger charge is -2.26. The maximum absolute atomic E-state index is 12.8. The van der Waals surface area contributed by atoms with Crippen molar-refractivity contribution in [2.24, 2.45) is 22.2 Å². The van der Waals surface area contributed by atoms with Gasteiger partial charge >= 0.3 is 0 Å². The zero-order valence-electron chi connectivity index (χ0n) is 9.75. The van der Waals surface area contributed by atoms with Gasteiger partial charge in [0.2, 0.25) is 5.91 Å². The van der Waals surface area contributed by atoms with Crippen molar-refractivity contribution in [1.82, 2.24) is 5.32 Å². The summed E-state index contributed by atoms with van der Waals surface area (Å²) >= 11 is 0. The lowest BCUT2D eigenvalue weighted by Crippen LogP contribution is -2.59. The topological polar surface area (TPSA) is 120 Å². The van der Waals surface area contributed by atoms with E-state index in [1.54, 1.807) is 6.92 Å². The third kappa shape index (κ3) is 4.94. The lowest BCUT2D eigenvalue weighted by molar-refractivity contribution is -0.132. The molecule has 0 radical (unpaired) electrons. The number of hydrogen-bond donors (Lipinski definition) is 4. The van der Waals surface area contributed by atoms with Crippen LogP contribution in [-0.4, -0.2) is 36.9 Å². The van der Waals surface area contributed by atoms with Crippen LogP contribution in [0.3, 0.4) is 0 Å². The van der Waals surface area contributed by atoms with Crippen LogP contribution in [0.2, 0.25) is 0 Å². The Morgan fingerprint density at radius 1 is 1.47 bits per heavy atom. The lowest BCUT2D eigenvalue weighted by atomic mass is 9.94. The van der Waals surface area contributed by atoms with Crippen LogP contribution >= 0.6 is 0 Å². The van der Waals surface area contributed by atoms with Gasteiger partial charge < -0.3 is 22.5 Å². The minimum atomic E-state index is -2.94. The second-order valence-corrected chi connectivity index (χ2v) is 3.61. The SMILES string of the molecule is CCNC(=O)C(N)(CCCN=C(N)N)C(F)F. The number of amides is 1. The van der Waals surface area contributed by atoms with Crippen LogP contribution in [0.5, 0.6) is 0 Å². The van der Waals surface area contributed by atoms with Crippen molar-refractivity contribution in [1.29, 1.82) is 0 Å². The molecular weight excluding hydrogens is 232 g/mol. The van der Waals surface area contributed by atoms with E-state index in [1.165, 1.54) is 0 Å². The fourth-order valence-electron chi connectivity index (χ4n) is 1.23. The molecular formula is C9H19F2N5O. The van der Waals surface area contributed by atoms with Crippen LogP contribution in [0, 0.1) is 0 Å². The predicted octanol–water partition coefficient (Wildman–Crippen LogP) is -0.861. The number of likely N-dealkylation sites (N-methyl/N-ethyl adjacent to an activating group) is 1. The number of hydrogen-bond acceptors (Lipinski definition) is 3. The standard InChI is InChI=1S/C9H19F2N5O/c1-2-15-7(17)9(14,6(10)11)4-3-5-16-8(12)13/h6H,2-5,14H2,1H3,(H,15,17)(H4,12,13,16). The van der Waals surface area contributed by atoms with Crippen LogP contribution in [-0.2, 0) is 4.79 Å². The van der Waals surface area contributed by atoms with Crippen molar-refractivity contribution < 1.29 is 13.6 Å². The molecule has 1 unspecified atom stereocenters. The van der Waals surface area contributed by atoms with Crippen LogP contribution in [0.4, 0.5) is 8.78 Å². The molecule has 8 heteroatoms. The molecule has 100 valence electrons. The van der Waals surface area contributed by atoms with Gasteiger partial charge in [-0.05, 0) is 19.8 Å². The van der Waals surface area contributed by atoms with E-state index >= 15 is 0 Å². The molecule has 0 bridgehead atoms. The number of rotatable bonds is 7.